The molecule has 0 amide bonds. The molecule has 3 aliphatic rings. The fraction of sp³-hybridized carbons (Fsp3) is 0.400. The minimum absolute atomic E-state index is 0.135. The third-order valence-corrected chi connectivity index (χ3v) is 10.4. The normalized spacial score (nSPS) is 29.7. The van der Waals surface area contributed by atoms with Gasteiger partial charge >= 0.3 is 0 Å². The van der Waals surface area contributed by atoms with Gasteiger partial charge in [0, 0.05) is 5.56 Å². The van der Waals surface area contributed by atoms with E-state index in [0.717, 1.165) is 23.5 Å². The lowest BCUT2D eigenvalue weighted by molar-refractivity contribution is -0.0646. The highest BCUT2D eigenvalue weighted by Gasteiger charge is 2.67. The predicted molar refractivity (Wildman–Crippen MR) is 134 cm³/mol. The van der Waals surface area contributed by atoms with Crippen LogP contribution in [0.5, 0.6) is 5.75 Å². The molecule has 33 heavy (non-hydrogen) atoms. The third kappa shape index (κ3) is 4.00. The molecule has 0 aliphatic heterocycles. The van der Waals surface area contributed by atoms with Crippen LogP contribution in [0.3, 0.4) is 0 Å². The molecule has 3 saturated carbocycles. The van der Waals surface area contributed by atoms with Gasteiger partial charge in [-0.15, -0.1) is 0 Å². The first-order valence-electron chi connectivity index (χ1n) is 12.3. The lowest BCUT2D eigenvalue weighted by atomic mass is 9.77. The smallest absolute Gasteiger partial charge is 0.189 e. The Morgan fingerprint density at radius 2 is 1.58 bits per heavy atom. The van der Waals surface area contributed by atoms with E-state index in [-0.39, 0.29) is 10.9 Å². The second-order valence-corrected chi connectivity index (χ2v) is 12.4. The maximum absolute atomic E-state index is 6.35. The summed E-state index contributed by atoms with van der Waals surface area (Å²) < 4.78 is 12.5. The van der Waals surface area contributed by atoms with Crippen molar-refractivity contribution < 1.29 is 9.47 Å². The summed E-state index contributed by atoms with van der Waals surface area (Å²) in [6.45, 7) is 4.99. The van der Waals surface area contributed by atoms with Gasteiger partial charge in [-0.2, -0.15) is 0 Å². The maximum atomic E-state index is 6.35. The molecule has 3 fully saturated rings. The molecule has 5 unspecified atom stereocenters. The van der Waals surface area contributed by atoms with Gasteiger partial charge < -0.3 is 9.47 Å². The standard InChI is InChI=1S/C30H33O2S/c1-21-15-23-18-30(17-21)19-27(30)29(23)32-20-31-24-13-14-28(22(2)16-24)33(25-9-5-3-6-10-25)26-11-7-4-8-12-26/h3-14,16,21,23,27,29H,15,17-20H2,1-2H3/q+1. The molecule has 6 rings (SSSR count). The quantitative estimate of drug-likeness (QED) is 0.274. The Kier molecular flexibility index (Phi) is 5.50. The van der Waals surface area contributed by atoms with Crippen molar-refractivity contribution in [3.05, 3.63) is 84.4 Å². The van der Waals surface area contributed by atoms with E-state index in [1.807, 2.05) is 0 Å². The van der Waals surface area contributed by atoms with E-state index in [9.17, 15) is 0 Å². The highest BCUT2D eigenvalue weighted by molar-refractivity contribution is 7.97. The van der Waals surface area contributed by atoms with Crippen LogP contribution in [0.25, 0.3) is 0 Å². The summed E-state index contributed by atoms with van der Waals surface area (Å²) in [5, 5.41) is 0. The topological polar surface area (TPSA) is 18.5 Å². The molecule has 3 aromatic rings. The van der Waals surface area contributed by atoms with Crippen LogP contribution in [0.15, 0.2) is 93.5 Å². The molecule has 3 aromatic carbocycles. The van der Waals surface area contributed by atoms with Gasteiger partial charge in [-0.05, 0) is 98.2 Å². The van der Waals surface area contributed by atoms with Gasteiger partial charge in [-0.3, -0.25) is 0 Å². The van der Waals surface area contributed by atoms with Crippen LogP contribution in [0, 0.1) is 30.1 Å². The SMILES string of the molecule is Cc1cc(OCOC2C3CC(C)CC4(C3)CC24)ccc1[S+](c1ccccc1)c1ccccc1. The number of benzene rings is 3. The highest BCUT2D eigenvalue weighted by Crippen LogP contribution is 2.72. The first-order chi connectivity index (χ1) is 16.1. The van der Waals surface area contributed by atoms with E-state index in [4.69, 9.17) is 9.47 Å². The number of ether oxygens (including phenoxy) is 2. The fourth-order valence-corrected chi connectivity index (χ4v) is 8.98. The summed E-state index contributed by atoms with van der Waals surface area (Å²) in [5.41, 5.74) is 1.89. The van der Waals surface area contributed by atoms with E-state index in [1.165, 1.54) is 45.9 Å². The van der Waals surface area contributed by atoms with Crippen LogP contribution in [0.1, 0.15) is 38.2 Å². The summed E-state index contributed by atoms with van der Waals surface area (Å²) in [4.78, 5) is 4.02. The molecule has 0 saturated heterocycles. The van der Waals surface area contributed by atoms with Crippen molar-refractivity contribution in [1.82, 2.24) is 0 Å². The van der Waals surface area contributed by atoms with E-state index in [0.29, 0.717) is 18.3 Å². The van der Waals surface area contributed by atoms with Gasteiger partial charge in [0.15, 0.2) is 21.5 Å². The van der Waals surface area contributed by atoms with Crippen molar-refractivity contribution in [2.24, 2.45) is 23.2 Å². The molecule has 2 nitrogen and oxygen atoms in total. The molecule has 3 aliphatic carbocycles. The van der Waals surface area contributed by atoms with Gasteiger partial charge in [0.05, 0.1) is 17.0 Å². The second-order valence-electron chi connectivity index (χ2n) is 10.4. The Bertz CT molecular complexity index is 1080. The Morgan fingerprint density at radius 1 is 0.879 bits per heavy atom. The highest BCUT2D eigenvalue weighted by atomic mass is 32.2. The maximum Gasteiger partial charge on any atom is 0.189 e. The summed E-state index contributed by atoms with van der Waals surface area (Å²) >= 11 is 0. The summed E-state index contributed by atoms with van der Waals surface area (Å²) in [5.74, 6) is 3.31. The summed E-state index contributed by atoms with van der Waals surface area (Å²) in [7, 11) is -0.135. The summed E-state index contributed by atoms with van der Waals surface area (Å²) in [6, 6.07) is 28.2. The summed E-state index contributed by atoms with van der Waals surface area (Å²) in [6.07, 6.45) is 5.94. The van der Waals surface area contributed by atoms with Gasteiger partial charge in [-0.1, -0.05) is 43.3 Å². The van der Waals surface area contributed by atoms with Crippen molar-refractivity contribution in [2.45, 2.75) is 60.3 Å². The first kappa shape index (κ1) is 21.3. The molecular weight excluding hydrogens is 424 g/mol. The Labute approximate surface area is 200 Å². The molecule has 3 heteroatoms. The third-order valence-electron chi connectivity index (χ3n) is 8.05. The van der Waals surface area contributed by atoms with Crippen molar-refractivity contribution in [1.29, 1.82) is 0 Å². The fourth-order valence-electron chi connectivity index (χ4n) is 6.75. The van der Waals surface area contributed by atoms with Crippen LogP contribution < -0.4 is 4.74 Å². The zero-order chi connectivity index (χ0) is 22.4. The zero-order valence-electron chi connectivity index (χ0n) is 19.6. The molecule has 1 spiro atoms. The van der Waals surface area contributed by atoms with Gasteiger partial charge in [0.2, 0.25) is 0 Å². The number of aryl methyl sites for hydroxylation is 1. The van der Waals surface area contributed by atoms with E-state index in [2.05, 4.69) is 92.7 Å². The lowest BCUT2D eigenvalue weighted by Gasteiger charge is -2.30. The van der Waals surface area contributed by atoms with E-state index < -0.39 is 0 Å². The second kappa shape index (κ2) is 8.52. The molecule has 5 atom stereocenters. The minimum Gasteiger partial charge on any atom is -0.468 e. The van der Waals surface area contributed by atoms with Gasteiger partial charge in [0.1, 0.15) is 5.75 Å². The van der Waals surface area contributed by atoms with Crippen LogP contribution in [0.2, 0.25) is 0 Å². The molecule has 2 bridgehead atoms. The van der Waals surface area contributed by atoms with Crippen molar-refractivity contribution in [3.63, 3.8) is 0 Å². The molecule has 0 radical (unpaired) electrons. The number of hydrogen-bond acceptors (Lipinski definition) is 2. The van der Waals surface area contributed by atoms with Crippen LogP contribution in [0.4, 0.5) is 0 Å². The van der Waals surface area contributed by atoms with E-state index >= 15 is 0 Å². The van der Waals surface area contributed by atoms with Crippen molar-refractivity contribution in [2.75, 3.05) is 6.79 Å². The minimum atomic E-state index is -0.135. The largest absolute Gasteiger partial charge is 0.468 e. The Morgan fingerprint density at radius 3 is 2.24 bits per heavy atom. The van der Waals surface area contributed by atoms with Crippen LogP contribution in [-0.4, -0.2) is 12.9 Å². The molecular formula is C30H33O2S+. The van der Waals surface area contributed by atoms with E-state index in [1.54, 1.807) is 0 Å². The molecule has 0 N–H and O–H groups in total. The lowest BCUT2D eigenvalue weighted by Crippen LogP contribution is -2.27. The molecule has 0 aromatic heterocycles. The number of fused-ring (bicyclic) bond motifs is 1. The van der Waals surface area contributed by atoms with Crippen LogP contribution in [-0.2, 0) is 15.6 Å². The first-order valence-corrected chi connectivity index (χ1v) is 13.5. The number of hydrogen-bond donors (Lipinski definition) is 0. The van der Waals surface area contributed by atoms with Crippen molar-refractivity contribution in [3.8, 4) is 5.75 Å². The molecule has 170 valence electrons. The van der Waals surface area contributed by atoms with Gasteiger partial charge in [-0.25, -0.2) is 0 Å². The average molecular weight is 458 g/mol. The number of rotatable bonds is 7. The van der Waals surface area contributed by atoms with Gasteiger partial charge in [0.25, 0.3) is 0 Å². The Balaban J connectivity index is 1.17. The average Bonchev–Trinajstić information content (AvgIpc) is 3.44. The molecule has 0 heterocycles. The monoisotopic (exact) mass is 457 g/mol. The Hall–Kier alpha value is -2.23. The van der Waals surface area contributed by atoms with Crippen molar-refractivity contribution >= 4 is 10.9 Å². The van der Waals surface area contributed by atoms with Crippen LogP contribution >= 0.6 is 0 Å². The zero-order valence-corrected chi connectivity index (χ0v) is 20.4. The predicted octanol–water partition coefficient (Wildman–Crippen LogP) is 7.27.